The Labute approximate surface area is 136 Å². The zero-order chi connectivity index (χ0) is 16.8. The fourth-order valence-electron chi connectivity index (χ4n) is 3.00. The van der Waals surface area contributed by atoms with Gasteiger partial charge in [-0.3, -0.25) is 14.6 Å². The molecule has 1 unspecified atom stereocenters. The number of aromatic hydroxyl groups is 1. The van der Waals surface area contributed by atoms with Crippen molar-refractivity contribution >= 4 is 0 Å². The molecule has 0 saturated carbocycles. The van der Waals surface area contributed by atoms with E-state index in [0.717, 1.165) is 38.3 Å². The Kier molecular flexibility index (Phi) is 6.59. The van der Waals surface area contributed by atoms with Gasteiger partial charge in [-0.2, -0.15) is 0 Å². The molecule has 0 aliphatic carbocycles. The largest absolute Gasteiger partial charge is 0.503 e. The van der Waals surface area contributed by atoms with Crippen LogP contribution < -0.4 is 5.43 Å². The molecule has 0 aromatic carbocycles. The molecule has 0 amide bonds. The number of rotatable bonds is 7. The third kappa shape index (κ3) is 4.54. The molecule has 130 valence electrons. The van der Waals surface area contributed by atoms with Crippen molar-refractivity contribution in [1.82, 2.24) is 14.4 Å². The van der Waals surface area contributed by atoms with Crippen molar-refractivity contribution in [3.63, 3.8) is 0 Å². The number of aliphatic hydroxyl groups excluding tert-OH is 2. The fraction of sp³-hybridized carbons (Fsp3) is 0.688. The second-order valence-corrected chi connectivity index (χ2v) is 6.01. The lowest BCUT2D eigenvalue weighted by molar-refractivity contribution is 0.105. The third-order valence-electron chi connectivity index (χ3n) is 4.49. The predicted molar refractivity (Wildman–Crippen MR) is 87.6 cm³/mol. The molecule has 1 atom stereocenters. The summed E-state index contributed by atoms with van der Waals surface area (Å²) in [6.45, 7) is 6.92. The molecular formula is C16H27N3O4. The minimum atomic E-state index is -0.386. The Hall–Kier alpha value is -1.41. The highest BCUT2D eigenvalue weighted by atomic mass is 16.3. The first-order chi connectivity index (χ1) is 11.1. The van der Waals surface area contributed by atoms with Crippen LogP contribution in [-0.2, 0) is 6.54 Å². The summed E-state index contributed by atoms with van der Waals surface area (Å²) in [5.41, 5.74) is 0.423. The van der Waals surface area contributed by atoms with Gasteiger partial charge in [0.05, 0.1) is 25.5 Å². The molecule has 1 aromatic heterocycles. The van der Waals surface area contributed by atoms with Gasteiger partial charge in [-0.25, -0.2) is 0 Å². The number of piperazine rings is 1. The van der Waals surface area contributed by atoms with Crippen molar-refractivity contribution in [2.45, 2.75) is 25.9 Å². The van der Waals surface area contributed by atoms with E-state index in [9.17, 15) is 15.0 Å². The van der Waals surface area contributed by atoms with Gasteiger partial charge in [-0.1, -0.05) is 6.92 Å². The van der Waals surface area contributed by atoms with Gasteiger partial charge in [-0.15, -0.1) is 0 Å². The molecule has 0 bridgehead atoms. The van der Waals surface area contributed by atoms with E-state index in [2.05, 4.69) is 9.80 Å². The molecule has 1 aromatic rings. The van der Waals surface area contributed by atoms with Gasteiger partial charge < -0.3 is 19.9 Å². The summed E-state index contributed by atoms with van der Waals surface area (Å²) >= 11 is 0. The van der Waals surface area contributed by atoms with Gasteiger partial charge in [0.25, 0.3) is 0 Å². The molecular weight excluding hydrogens is 298 g/mol. The summed E-state index contributed by atoms with van der Waals surface area (Å²) in [4.78, 5) is 16.3. The van der Waals surface area contributed by atoms with Crippen molar-refractivity contribution in [3.8, 4) is 5.75 Å². The molecule has 7 nitrogen and oxygen atoms in total. The first-order valence-corrected chi connectivity index (χ1v) is 8.19. The number of aromatic nitrogens is 1. The van der Waals surface area contributed by atoms with Crippen LogP contribution in [0.1, 0.15) is 25.1 Å². The summed E-state index contributed by atoms with van der Waals surface area (Å²) in [5.74, 6) is -0.284. The Balaban J connectivity index is 2.13. The minimum Gasteiger partial charge on any atom is -0.503 e. The first kappa shape index (κ1) is 17.9. The predicted octanol–water partition coefficient (Wildman–Crippen LogP) is -0.393. The average molecular weight is 325 g/mol. The monoisotopic (exact) mass is 325 g/mol. The Morgan fingerprint density at radius 2 is 1.83 bits per heavy atom. The lowest BCUT2D eigenvalue weighted by Gasteiger charge is -2.35. The van der Waals surface area contributed by atoms with E-state index in [1.807, 2.05) is 11.5 Å². The number of aliphatic hydroxyl groups is 2. The highest BCUT2D eigenvalue weighted by Crippen LogP contribution is 2.18. The number of β-amino-alcohol motifs (C(OH)–C–C–N with tert-alkyl or cyclic N) is 1. The first-order valence-electron chi connectivity index (χ1n) is 8.19. The lowest BCUT2D eigenvalue weighted by atomic mass is 10.2. The molecule has 2 heterocycles. The summed E-state index contributed by atoms with van der Waals surface area (Å²) in [6, 6.07) is 1.32. The van der Waals surface area contributed by atoms with Crippen LogP contribution in [0.4, 0.5) is 0 Å². The quantitative estimate of drug-likeness (QED) is 0.633. The van der Waals surface area contributed by atoms with Crippen molar-refractivity contribution in [2.24, 2.45) is 0 Å². The van der Waals surface area contributed by atoms with E-state index >= 15 is 0 Å². The molecule has 7 heteroatoms. The highest BCUT2D eigenvalue weighted by Gasteiger charge is 2.19. The van der Waals surface area contributed by atoms with Gasteiger partial charge in [0, 0.05) is 51.0 Å². The van der Waals surface area contributed by atoms with Gasteiger partial charge in [0.1, 0.15) is 0 Å². The number of hydrogen-bond donors (Lipinski definition) is 3. The SMILES string of the molecule is CCC(CO)n1cc(O)c(=O)cc1CN1CCN(CCO)CC1. The van der Waals surface area contributed by atoms with E-state index in [0.29, 0.717) is 13.1 Å². The van der Waals surface area contributed by atoms with Crippen LogP contribution in [0, 0.1) is 0 Å². The van der Waals surface area contributed by atoms with Gasteiger partial charge in [0.15, 0.2) is 5.75 Å². The maximum atomic E-state index is 11.8. The van der Waals surface area contributed by atoms with Gasteiger partial charge in [0.2, 0.25) is 5.43 Å². The Morgan fingerprint density at radius 3 is 2.39 bits per heavy atom. The highest BCUT2D eigenvalue weighted by molar-refractivity contribution is 5.21. The third-order valence-corrected chi connectivity index (χ3v) is 4.49. The second kappa shape index (κ2) is 8.44. The summed E-state index contributed by atoms with van der Waals surface area (Å²) in [7, 11) is 0. The van der Waals surface area contributed by atoms with E-state index in [-0.39, 0.29) is 30.4 Å². The van der Waals surface area contributed by atoms with Crippen LogP contribution in [0.2, 0.25) is 0 Å². The molecule has 1 aliphatic rings. The molecule has 23 heavy (non-hydrogen) atoms. The number of hydrogen-bond acceptors (Lipinski definition) is 6. The second-order valence-electron chi connectivity index (χ2n) is 6.01. The minimum absolute atomic E-state index is 0.0317. The van der Waals surface area contributed by atoms with Crippen LogP contribution in [0.15, 0.2) is 17.1 Å². The molecule has 3 N–H and O–H groups in total. The normalized spacial score (nSPS) is 18.2. The van der Waals surface area contributed by atoms with Gasteiger partial charge >= 0.3 is 0 Å². The standard InChI is InChI=1S/C16H27N3O4/c1-2-13(12-21)19-11-16(23)15(22)9-14(19)10-18-5-3-17(4-6-18)7-8-20/h9,11,13,20-21,23H,2-8,10,12H2,1H3. The molecule has 2 rings (SSSR count). The Morgan fingerprint density at radius 1 is 1.17 bits per heavy atom. The van der Waals surface area contributed by atoms with Crippen LogP contribution in [0.5, 0.6) is 5.75 Å². The van der Waals surface area contributed by atoms with Crippen molar-refractivity contribution in [2.75, 3.05) is 45.9 Å². The maximum Gasteiger partial charge on any atom is 0.223 e. The zero-order valence-corrected chi connectivity index (χ0v) is 13.7. The molecule has 0 spiro atoms. The average Bonchev–Trinajstić information content (AvgIpc) is 2.55. The van der Waals surface area contributed by atoms with E-state index < -0.39 is 0 Å². The number of nitrogens with zero attached hydrogens (tertiary/aromatic N) is 3. The summed E-state index contributed by atoms with van der Waals surface area (Å²) in [5, 5.41) is 28.2. The van der Waals surface area contributed by atoms with Crippen molar-refractivity contribution < 1.29 is 15.3 Å². The lowest BCUT2D eigenvalue weighted by Crippen LogP contribution is -2.47. The van der Waals surface area contributed by atoms with Gasteiger partial charge in [-0.05, 0) is 6.42 Å². The van der Waals surface area contributed by atoms with E-state index in [4.69, 9.17) is 5.11 Å². The van der Waals surface area contributed by atoms with Crippen LogP contribution >= 0.6 is 0 Å². The topological polar surface area (TPSA) is 89.2 Å². The summed E-state index contributed by atoms with van der Waals surface area (Å²) < 4.78 is 1.82. The van der Waals surface area contributed by atoms with E-state index in [1.165, 1.54) is 12.3 Å². The van der Waals surface area contributed by atoms with E-state index in [1.54, 1.807) is 0 Å². The number of pyridine rings is 1. The van der Waals surface area contributed by atoms with Crippen LogP contribution in [0.25, 0.3) is 0 Å². The smallest absolute Gasteiger partial charge is 0.223 e. The maximum absolute atomic E-state index is 11.8. The zero-order valence-electron chi connectivity index (χ0n) is 13.7. The summed E-state index contributed by atoms with van der Waals surface area (Å²) in [6.07, 6.45) is 2.15. The molecule has 0 radical (unpaired) electrons. The molecule has 1 fully saturated rings. The molecule has 1 saturated heterocycles. The van der Waals surface area contributed by atoms with Crippen LogP contribution in [-0.4, -0.2) is 75.6 Å². The molecule has 1 aliphatic heterocycles. The van der Waals surface area contributed by atoms with Crippen LogP contribution in [0.3, 0.4) is 0 Å². The fourth-order valence-corrected chi connectivity index (χ4v) is 3.00. The Bertz CT molecular complexity index is 549. The van der Waals surface area contributed by atoms with Crippen molar-refractivity contribution in [3.05, 3.63) is 28.2 Å². The van der Waals surface area contributed by atoms with Crippen molar-refractivity contribution in [1.29, 1.82) is 0 Å².